The number of nitrogens with zero attached hydrogens (tertiary/aromatic N) is 3. The topological polar surface area (TPSA) is 41.3 Å². The van der Waals surface area contributed by atoms with Crippen LogP contribution >= 0.6 is 0 Å². The molecule has 0 bridgehead atoms. The first kappa shape index (κ1) is 16.0. The van der Waals surface area contributed by atoms with Gasteiger partial charge >= 0.3 is 0 Å². The van der Waals surface area contributed by atoms with E-state index in [4.69, 9.17) is 0 Å². The van der Waals surface area contributed by atoms with Crippen molar-refractivity contribution in [2.75, 3.05) is 13.6 Å². The highest BCUT2D eigenvalue weighted by molar-refractivity contribution is 5.87. The molecule has 0 amide bonds. The van der Waals surface area contributed by atoms with Crippen LogP contribution in [0.1, 0.15) is 41.1 Å². The largest absolute Gasteiger partial charge is 0.383 e. The summed E-state index contributed by atoms with van der Waals surface area (Å²) in [5.41, 5.74) is 5.61. The van der Waals surface area contributed by atoms with Crippen molar-refractivity contribution in [2.24, 2.45) is 0 Å². The third-order valence-corrected chi connectivity index (χ3v) is 6.26. The first-order valence-electron chi connectivity index (χ1n) is 9.48. The van der Waals surface area contributed by atoms with Gasteiger partial charge < -0.3 is 14.6 Å². The number of hydrogen-bond donors (Lipinski definition) is 1. The second-order valence-electron chi connectivity index (χ2n) is 8.17. The lowest BCUT2D eigenvalue weighted by Crippen LogP contribution is -2.38. The number of aryl methyl sites for hydroxylation is 1. The van der Waals surface area contributed by atoms with E-state index in [-0.39, 0.29) is 0 Å². The van der Waals surface area contributed by atoms with Crippen molar-refractivity contribution in [2.45, 2.75) is 44.4 Å². The highest BCUT2D eigenvalue weighted by Gasteiger charge is 2.42. The van der Waals surface area contributed by atoms with Crippen LogP contribution in [-0.2, 0) is 18.7 Å². The molecular weight excluding hydrogens is 322 g/mol. The van der Waals surface area contributed by atoms with E-state index in [1.165, 1.54) is 27.7 Å². The van der Waals surface area contributed by atoms with E-state index in [9.17, 15) is 5.11 Å². The molecule has 3 aromatic rings. The molecule has 0 aliphatic carbocycles. The highest BCUT2D eigenvalue weighted by atomic mass is 16.3. The fourth-order valence-electron chi connectivity index (χ4n) is 5.03. The maximum Gasteiger partial charge on any atom is 0.108 e. The summed E-state index contributed by atoms with van der Waals surface area (Å²) in [7, 11) is 2.21. The molecule has 4 heteroatoms. The molecule has 0 saturated carbocycles. The lowest BCUT2D eigenvalue weighted by Gasteiger charge is -2.39. The lowest BCUT2D eigenvalue weighted by molar-refractivity contribution is -0.0102. The minimum Gasteiger partial charge on any atom is -0.383 e. The number of aliphatic hydroxyl groups is 1. The van der Waals surface area contributed by atoms with Crippen molar-refractivity contribution in [3.05, 3.63) is 65.1 Å². The Labute approximate surface area is 154 Å². The first-order chi connectivity index (χ1) is 12.5. The molecule has 0 saturated heterocycles. The SMILES string of the molecule is Cc1ccc2c(c1)c1c3n2CC(O)(c2ccncc2)CC3CCN(C)C1. The van der Waals surface area contributed by atoms with Gasteiger partial charge in [0, 0.05) is 41.5 Å². The van der Waals surface area contributed by atoms with Crippen molar-refractivity contribution in [1.82, 2.24) is 14.5 Å². The molecule has 26 heavy (non-hydrogen) atoms. The van der Waals surface area contributed by atoms with Crippen LogP contribution in [0.3, 0.4) is 0 Å². The monoisotopic (exact) mass is 347 g/mol. The minimum atomic E-state index is -0.836. The number of pyridine rings is 1. The number of aromatic nitrogens is 2. The Balaban J connectivity index is 1.75. The summed E-state index contributed by atoms with van der Waals surface area (Å²) in [5.74, 6) is 0.384. The smallest absolute Gasteiger partial charge is 0.108 e. The fourth-order valence-corrected chi connectivity index (χ4v) is 5.03. The Kier molecular flexibility index (Phi) is 3.49. The molecule has 2 unspecified atom stereocenters. The van der Waals surface area contributed by atoms with E-state index < -0.39 is 5.60 Å². The molecule has 0 radical (unpaired) electrons. The molecule has 1 aromatic carbocycles. The molecule has 2 aliphatic heterocycles. The number of benzene rings is 1. The fraction of sp³-hybridized carbons (Fsp3) is 0.409. The van der Waals surface area contributed by atoms with E-state index >= 15 is 0 Å². The molecule has 134 valence electrons. The summed E-state index contributed by atoms with van der Waals surface area (Å²) < 4.78 is 2.40. The van der Waals surface area contributed by atoms with E-state index in [0.29, 0.717) is 12.5 Å². The number of rotatable bonds is 1. The second kappa shape index (κ2) is 5.66. The molecule has 0 fully saturated rings. The summed E-state index contributed by atoms with van der Waals surface area (Å²) in [6.45, 7) is 4.84. The zero-order valence-corrected chi connectivity index (χ0v) is 15.4. The van der Waals surface area contributed by atoms with E-state index in [1.54, 1.807) is 12.4 Å². The predicted octanol–water partition coefficient (Wildman–Crippen LogP) is 3.56. The maximum atomic E-state index is 11.6. The van der Waals surface area contributed by atoms with E-state index in [2.05, 4.69) is 46.6 Å². The van der Waals surface area contributed by atoms with Crippen molar-refractivity contribution in [3.8, 4) is 0 Å². The van der Waals surface area contributed by atoms with Gasteiger partial charge in [0.25, 0.3) is 0 Å². The Morgan fingerprint density at radius 1 is 1.19 bits per heavy atom. The quantitative estimate of drug-likeness (QED) is 0.732. The van der Waals surface area contributed by atoms with Gasteiger partial charge in [0.15, 0.2) is 0 Å². The Morgan fingerprint density at radius 2 is 2.00 bits per heavy atom. The van der Waals surface area contributed by atoms with Gasteiger partial charge in [-0.25, -0.2) is 0 Å². The molecule has 4 nitrogen and oxygen atoms in total. The van der Waals surface area contributed by atoms with Crippen molar-refractivity contribution in [1.29, 1.82) is 0 Å². The van der Waals surface area contributed by atoms with Gasteiger partial charge in [0.2, 0.25) is 0 Å². The standard InChI is InChI=1S/C22H25N3O/c1-15-3-4-20-18(11-15)19-13-24(2)10-7-16-12-22(26,14-25(20)21(16)19)17-5-8-23-9-6-17/h3-6,8-9,11,16,26H,7,10,12-14H2,1-2H3. The predicted molar refractivity (Wildman–Crippen MR) is 103 cm³/mol. The lowest BCUT2D eigenvalue weighted by atomic mass is 9.78. The van der Waals surface area contributed by atoms with Crippen molar-refractivity contribution >= 4 is 10.9 Å². The van der Waals surface area contributed by atoms with E-state index in [1.807, 2.05) is 12.1 Å². The van der Waals surface area contributed by atoms with Gasteiger partial charge in [-0.3, -0.25) is 4.98 Å². The number of hydrogen-bond acceptors (Lipinski definition) is 3. The number of fused-ring (bicyclic) bond motifs is 3. The van der Waals surface area contributed by atoms with Crippen molar-refractivity contribution < 1.29 is 5.11 Å². The van der Waals surface area contributed by atoms with Crippen LogP contribution in [0.4, 0.5) is 0 Å². The first-order valence-corrected chi connectivity index (χ1v) is 9.48. The molecule has 2 aliphatic rings. The molecule has 2 atom stereocenters. The molecule has 0 spiro atoms. The van der Waals surface area contributed by atoms with Gasteiger partial charge in [0.1, 0.15) is 5.60 Å². The maximum absolute atomic E-state index is 11.6. The Hall–Kier alpha value is -2.17. The molecule has 1 N–H and O–H groups in total. The third kappa shape index (κ3) is 2.32. The Morgan fingerprint density at radius 3 is 2.81 bits per heavy atom. The Bertz CT molecular complexity index is 978. The van der Waals surface area contributed by atoms with Gasteiger partial charge in [-0.05, 0) is 68.8 Å². The van der Waals surface area contributed by atoms with Crippen LogP contribution in [0.15, 0.2) is 42.7 Å². The summed E-state index contributed by atoms with van der Waals surface area (Å²) in [6, 6.07) is 10.7. The van der Waals surface area contributed by atoms with Gasteiger partial charge in [-0.2, -0.15) is 0 Å². The van der Waals surface area contributed by atoms with Crippen molar-refractivity contribution in [3.63, 3.8) is 0 Å². The zero-order chi connectivity index (χ0) is 17.9. The summed E-state index contributed by atoms with van der Waals surface area (Å²) in [5, 5.41) is 13.0. The second-order valence-corrected chi connectivity index (χ2v) is 8.17. The van der Waals surface area contributed by atoms with Crippen LogP contribution < -0.4 is 0 Å². The van der Waals surface area contributed by atoms with Crippen LogP contribution in [0.2, 0.25) is 0 Å². The van der Waals surface area contributed by atoms with Crippen LogP contribution in [0.25, 0.3) is 10.9 Å². The summed E-state index contributed by atoms with van der Waals surface area (Å²) in [4.78, 5) is 6.55. The minimum absolute atomic E-state index is 0.384. The third-order valence-electron chi connectivity index (χ3n) is 6.26. The van der Waals surface area contributed by atoms with Crippen LogP contribution in [0, 0.1) is 6.92 Å². The molecular formula is C22H25N3O. The zero-order valence-electron chi connectivity index (χ0n) is 15.4. The normalized spacial score (nSPS) is 25.9. The molecule has 5 rings (SSSR count). The average Bonchev–Trinajstić information content (AvgIpc) is 2.82. The summed E-state index contributed by atoms with van der Waals surface area (Å²) >= 11 is 0. The van der Waals surface area contributed by atoms with Gasteiger partial charge in [0.05, 0.1) is 6.54 Å². The molecule has 4 heterocycles. The van der Waals surface area contributed by atoms with Crippen LogP contribution in [-0.4, -0.2) is 33.1 Å². The van der Waals surface area contributed by atoms with Gasteiger partial charge in [-0.15, -0.1) is 0 Å². The van der Waals surface area contributed by atoms with Crippen LogP contribution in [0.5, 0.6) is 0 Å². The molecule has 2 aromatic heterocycles. The van der Waals surface area contributed by atoms with E-state index in [0.717, 1.165) is 31.5 Å². The highest BCUT2D eigenvalue weighted by Crippen LogP contribution is 2.47. The van der Waals surface area contributed by atoms with Gasteiger partial charge in [-0.1, -0.05) is 11.6 Å². The summed E-state index contributed by atoms with van der Waals surface area (Å²) in [6.07, 6.45) is 5.44. The average molecular weight is 347 g/mol.